The number of aryl methyl sites for hydroxylation is 1. The van der Waals surface area contributed by atoms with Gasteiger partial charge in [0.05, 0.1) is 12.1 Å². The molecule has 1 rings (SSSR count). The van der Waals surface area contributed by atoms with Crippen molar-refractivity contribution >= 4 is 11.6 Å². The van der Waals surface area contributed by atoms with Gasteiger partial charge in [0.15, 0.2) is 0 Å². The minimum atomic E-state index is -0.309. The predicted molar refractivity (Wildman–Crippen MR) is 42.7 cm³/mol. The van der Waals surface area contributed by atoms with E-state index in [1.807, 2.05) is 0 Å². The summed E-state index contributed by atoms with van der Waals surface area (Å²) in [5.41, 5.74) is 0.534. The lowest BCUT2D eigenvalue weighted by Crippen LogP contribution is -1.88. The standard InChI is InChI=1S/C8H8ClFO/c1-5-3-8(11-2)6(9)4-7(5)10/h3-4H,1-2H3. The first-order chi connectivity index (χ1) is 5.15. The molecule has 60 valence electrons. The lowest BCUT2D eigenvalue weighted by molar-refractivity contribution is 0.413. The Morgan fingerprint density at radius 1 is 1.45 bits per heavy atom. The SMILES string of the molecule is COc1cc(C)c(F)cc1Cl. The molecule has 11 heavy (non-hydrogen) atoms. The fraction of sp³-hybridized carbons (Fsp3) is 0.250. The number of methoxy groups -OCH3 is 1. The highest BCUT2D eigenvalue weighted by Crippen LogP contribution is 2.26. The maximum absolute atomic E-state index is 12.8. The second-order valence-corrected chi connectivity index (χ2v) is 2.64. The van der Waals surface area contributed by atoms with E-state index in [4.69, 9.17) is 16.3 Å². The molecule has 1 aromatic carbocycles. The number of benzene rings is 1. The molecule has 1 nitrogen and oxygen atoms in total. The average Bonchev–Trinajstić information content (AvgIpc) is 1.97. The maximum atomic E-state index is 12.8. The topological polar surface area (TPSA) is 9.23 Å². The molecule has 0 radical (unpaired) electrons. The van der Waals surface area contributed by atoms with E-state index in [9.17, 15) is 4.39 Å². The molecule has 3 heteroatoms. The molecule has 0 aliphatic heterocycles. The van der Waals surface area contributed by atoms with Gasteiger partial charge in [-0.3, -0.25) is 0 Å². The van der Waals surface area contributed by atoms with Crippen molar-refractivity contribution in [2.24, 2.45) is 0 Å². The van der Waals surface area contributed by atoms with Gasteiger partial charge in [-0.15, -0.1) is 0 Å². The highest BCUT2D eigenvalue weighted by molar-refractivity contribution is 6.32. The van der Waals surface area contributed by atoms with Crippen LogP contribution < -0.4 is 4.74 Å². The summed E-state index contributed by atoms with van der Waals surface area (Å²) >= 11 is 5.64. The third-order valence-electron chi connectivity index (χ3n) is 1.43. The van der Waals surface area contributed by atoms with Crippen molar-refractivity contribution in [3.05, 3.63) is 28.5 Å². The first kappa shape index (κ1) is 8.34. The van der Waals surface area contributed by atoms with Crippen LogP contribution in [0.5, 0.6) is 5.75 Å². The Morgan fingerprint density at radius 3 is 2.64 bits per heavy atom. The number of hydrogen-bond acceptors (Lipinski definition) is 1. The Hall–Kier alpha value is -0.760. The van der Waals surface area contributed by atoms with E-state index in [-0.39, 0.29) is 5.82 Å². The highest BCUT2D eigenvalue weighted by atomic mass is 35.5. The Labute approximate surface area is 69.7 Å². The smallest absolute Gasteiger partial charge is 0.137 e. The number of ether oxygens (including phenoxy) is 1. The van der Waals surface area contributed by atoms with E-state index in [0.29, 0.717) is 16.3 Å². The Balaban J connectivity index is 3.21. The zero-order valence-electron chi connectivity index (χ0n) is 6.32. The molecule has 0 unspecified atom stereocenters. The van der Waals surface area contributed by atoms with Crippen molar-refractivity contribution in [2.45, 2.75) is 6.92 Å². The van der Waals surface area contributed by atoms with Gasteiger partial charge in [0.25, 0.3) is 0 Å². The van der Waals surface area contributed by atoms with Crippen molar-refractivity contribution in [3.63, 3.8) is 0 Å². The summed E-state index contributed by atoms with van der Waals surface area (Å²) in [6, 6.07) is 2.81. The molecule has 0 heterocycles. The zero-order valence-corrected chi connectivity index (χ0v) is 7.07. The first-order valence-corrected chi connectivity index (χ1v) is 3.52. The van der Waals surface area contributed by atoms with Gasteiger partial charge in [-0.2, -0.15) is 0 Å². The maximum Gasteiger partial charge on any atom is 0.137 e. The van der Waals surface area contributed by atoms with Crippen molar-refractivity contribution in [3.8, 4) is 5.75 Å². The van der Waals surface area contributed by atoms with E-state index in [0.717, 1.165) is 0 Å². The summed E-state index contributed by atoms with van der Waals surface area (Å²) in [6.07, 6.45) is 0. The average molecular weight is 175 g/mol. The summed E-state index contributed by atoms with van der Waals surface area (Å²) in [6.45, 7) is 1.66. The fourth-order valence-corrected chi connectivity index (χ4v) is 1.01. The van der Waals surface area contributed by atoms with Crippen molar-refractivity contribution < 1.29 is 9.13 Å². The van der Waals surface area contributed by atoms with Gasteiger partial charge in [0.1, 0.15) is 11.6 Å². The summed E-state index contributed by atoms with van der Waals surface area (Å²) in [7, 11) is 1.50. The highest BCUT2D eigenvalue weighted by Gasteiger charge is 2.04. The third kappa shape index (κ3) is 1.63. The minimum Gasteiger partial charge on any atom is -0.495 e. The second kappa shape index (κ2) is 3.09. The molecule has 0 atom stereocenters. The van der Waals surface area contributed by atoms with Gasteiger partial charge in [0, 0.05) is 0 Å². The number of halogens is 2. The summed E-state index contributed by atoms with van der Waals surface area (Å²) in [5.74, 6) is 0.196. The molecule has 0 bridgehead atoms. The molecule has 0 spiro atoms. The van der Waals surface area contributed by atoms with Crippen LogP contribution >= 0.6 is 11.6 Å². The van der Waals surface area contributed by atoms with E-state index in [1.165, 1.54) is 13.2 Å². The summed E-state index contributed by atoms with van der Waals surface area (Å²) < 4.78 is 17.6. The van der Waals surface area contributed by atoms with Crippen LogP contribution in [0.15, 0.2) is 12.1 Å². The van der Waals surface area contributed by atoms with E-state index < -0.39 is 0 Å². The minimum absolute atomic E-state index is 0.301. The molecule has 0 aromatic heterocycles. The van der Waals surface area contributed by atoms with Crippen LogP contribution in [0, 0.1) is 12.7 Å². The third-order valence-corrected chi connectivity index (χ3v) is 1.73. The fourth-order valence-electron chi connectivity index (χ4n) is 0.787. The molecule has 0 saturated heterocycles. The van der Waals surface area contributed by atoms with Gasteiger partial charge < -0.3 is 4.74 Å². The molecule has 1 aromatic rings. The van der Waals surface area contributed by atoms with Gasteiger partial charge in [0.2, 0.25) is 0 Å². The molecule has 0 aliphatic rings. The van der Waals surface area contributed by atoms with E-state index in [1.54, 1.807) is 13.0 Å². The van der Waals surface area contributed by atoms with Crippen molar-refractivity contribution in [2.75, 3.05) is 7.11 Å². The lowest BCUT2D eigenvalue weighted by atomic mass is 10.2. The zero-order chi connectivity index (χ0) is 8.43. The van der Waals surface area contributed by atoms with Crippen LogP contribution in [0.2, 0.25) is 5.02 Å². The van der Waals surface area contributed by atoms with E-state index in [2.05, 4.69) is 0 Å². The van der Waals surface area contributed by atoms with Gasteiger partial charge in [-0.25, -0.2) is 4.39 Å². The monoisotopic (exact) mass is 174 g/mol. The van der Waals surface area contributed by atoms with Gasteiger partial charge in [-0.1, -0.05) is 11.6 Å². The van der Waals surface area contributed by atoms with Crippen LogP contribution in [0.3, 0.4) is 0 Å². The number of hydrogen-bond donors (Lipinski definition) is 0. The van der Waals surface area contributed by atoms with Crippen molar-refractivity contribution in [1.29, 1.82) is 0 Å². The molecular formula is C8H8ClFO. The van der Waals surface area contributed by atoms with Crippen LogP contribution in [0.25, 0.3) is 0 Å². The molecular weight excluding hydrogens is 167 g/mol. The number of rotatable bonds is 1. The molecule has 0 saturated carbocycles. The second-order valence-electron chi connectivity index (χ2n) is 2.24. The van der Waals surface area contributed by atoms with E-state index >= 15 is 0 Å². The molecule has 0 fully saturated rings. The van der Waals surface area contributed by atoms with Gasteiger partial charge in [-0.05, 0) is 24.6 Å². The molecule has 0 aliphatic carbocycles. The Kier molecular flexibility index (Phi) is 2.35. The van der Waals surface area contributed by atoms with Gasteiger partial charge >= 0.3 is 0 Å². The summed E-state index contributed by atoms with van der Waals surface area (Å²) in [5, 5.41) is 0.301. The first-order valence-electron chi connectivity index (χ1n) is 3.15. The Bertz CT molecular complexity index is 273. The van der Waals surface area contributed by atoms with Crippen LogP contribution in [0.1, 0.15) is 5.56 Å². The molecule has 0 N–H and O–H groups in total. The largest absolute Gasteiger partial charge is 0.495 e. The lowest BCUT2D eigenvalue weighted by Gasteiger charge is -2.03. The normalized spacial score (nSPS) is 9.82. The molecule has 0 amide bonds. The van der Waals surface area contributed by atoms with Crippen molar-refractivity contribution in [1.82, 2.24) is 0 Å². The Morgan fingerprint density at radius 2 is 2.09 bits per heavy atom. The quantitative estimate of drug-likeness (QED) is 0.636. The summed E-state index contributed by atoms with van der Waals surface area (Å²) in [4.78, 5) is 0. The van der Waals surface area contributed by atoms with Crippen LogP contribution in [-0.2, 0) is 0 Å². The van der Waals surface area contributed by atoms with Crippen LogP contribution in [0.4, 0.5) is 4.39 Å². The van der Waals surface area contributed by atoms with Crippen LogP contribution in [-0.4, -0.2) is 7.11 Å². The predicted octanol–water partition coefficient (Wildman–Crippen LogP) is 2.80.